The van der Waals surface area contributed by atoms with Crippen molar-refractivity contribution in [3.8, 4) is 0 Å². The average Bonchev–Trinajstić information content (AvgIpc) is 3.26. The van der Waals surface area contributed by atoms with Crippen LogP contribution in [0.4, 0.5) is 0 Å². The molecule has 2 aliphatic rings. The normalized spacial score (nSPS) is 13.9. The second-order valence-electron chi connectivity index (χ2n) is 6.42. The Morgan fingerprint density at radius 3 is 1.58 bits per heavy atom. The molecule has 26 heavy (non-hydrogen) atoms. The molecule has 0 saturated heterocycles. The minimum atomic E-state index is 0. The maximum absolute atomic E-state index is 3.59. The van der Waals surface area contributed by atoms with Crippen molar-refractivity contribution in [3.05, 3.63) is 77.7 Å². The predicted molar refractivity (Wildman–Crippen MR) is 102 cm³/mol. The summed E-state index contributed by atoms with van der Waals surface area (Å²) in [6.07, 6.45) is 15.8. The zero-order valence-electron chi connectivity index (χ0n) is 15.9. The van der Waals surface area contributed by atoms with Crippen LogP contribution >= 0.6 is 0 Å². The zero-order valence-corrected chi connectivity index (χ0v) is 21.1. The van der Waals surface area contributed by atoms with Gasteiger partial charge in [-0.15, -0.1) is 6.08 Å². The van der Waals surface area contributed by atoms with Crippen molar-refractivity contribution in [1.82, 2.24) is 0 Å². The molecule has 0 heterocycles. The van der Waals surface area contributed by atoms with Crippen LogP contribution in [0.25, 0.3) is 0 Å². The van der Waals surface area contributed by atoms with Gasteiger partial charge in [-0.05, 0) is 6.92 Å². The van der Waals surface area contributed by atoms with E-state index in [1.165, 1.54) is 51.4 Å². The number of halogens is 2. The molecule has 0 fully saturated rings. The van der Waals surface area contributed by atoms with Crippen molar-refractivity contribution < 1.29 is 50.7 Å². The molecule has 0 radical (unpaired) electrons. The van der Waals surface area contributed by atoms with Crippen LogP contribution in [0.5, 0.6) is 0 Å². The van der Waals surface area contributed by atoms with Gasteiger partial charge in [0.05, 0.1) is 0 Å². The van der Waals surface area contributed by atoms with E-state index in [-0.39, 0.29) is 50.7 Å². The second-order valence-corrected chi connectivity index (χ2v) is 6.42. The fourth-order valence-corrected chi connectivity index (χ4v) is 3.39. The van der Waals surface area contributed by atoms with Gasteiger partial charge in [0.15, 0.2) is 0 Å². The monoisotopic (exact) mass is 557 g/mol. The first-order chi connectivity index (χ1) is 11.3. The predicted octanol–water partition coefficient (Wildman–Crippen LogP) is 0.361. The molecule has 0 unspecified atom stereocenters. The van der Waals surface area contributed by atoms with Crippen LogP contribution in [0.1, 0.15) is 61.3 Å². The van der Waals surface area contributed by atoms with Crippen molar-refractivity contribution in [2.24, 2.45) is 0 Å². The van der Waals surface area contributed by atoms with Crippen LogP contribution in [0.3, 0.4) is 0 Å². The largest absolute Gasteiger partial charge is 1.00 e. The third kappa shape index (κ3) is 9.72. The molecule has 0 bridgehead atoms. The first-order valence-corrected chi connectivity index (χ1v) is 9.22. The Kier molecular flexibility index (Phi) is 18.4. The average molecular weight is 557 g/mol. The molecule has 2 aromatic carbocycles. The molecule has 2 aliphatic carbocycles. The van der Waals surface area contributed by atoms with Crippen molar-refractivity contribution in [2.45, 2.75) is 64.7 Å². The summed E-state index contributed by atoms with van der Waals surface area (Å²) < 4.78 is 0. The van der Waals surface area contributed by atoms with Gasteiger partial charge in [-0.2, -0.15) is 52.9 Å². The van der Waals surface area contributed by atoms with Gasteiger partial charge < -0.3 is 31.7 Å². The molecule has 4 rings (SSSR count). The summed E-state index contributed by atoms with van der Waals surface area (Å²) in [5.74, 6) is 0. The van der Waals surface area contributed by atoms with Gasteiger partial charge in [0.25, 0.3) is 0 Å². The molecule has 0 saturated carbocycles. The van der Waals surface area contributed by atoms with Gasteiger partial charge in [-0.3, -0.25) is 0 Å². The molecule has 0 amide bonds. The molecular weight excluding hydrogens is 526 g/mol. The maximum atomic E-state index is 3.59. The standard InChI is InChI=1S/2C9H11.C5H9.2ClH.Hf/c2*1-2-5-9-7-3-6-8(9)4-1;1-3-5-4-2;;;/h2*3,6-7H,1-2,4-5H2;4-5H,1,3H2,2H3;2*1H;/q3*-1;;;/p-2. The topological polar surface area (TPSA) is 0 Å². The SMILES string of the molecule is [CH2-]CC=CC.[Cl-].[Cl-].[Hf].c1cc2c([cH-]1)CCCC2.c1cc2c([cH-]1)CCCC2. The van der Waals surface area contributed by atoms with E-state index in [0.29, 0.717) is 0 Å². The molecule has 2 aromatic rings. The van der Waals surface area contributed by atoms with Gasteiger partial charge in [-0.1, -0.05) is 57.4 Å². The van der Waals surface area contributed by atoms with E-state index >= 15 is 0 Å². The van der Waals surface area contributed by atoms with Gasteiger partial charge in [0, 0.05) is 25.8 Å². The summed E-state index contributed by atoms with van der Waals surface area (Å²) in [7, 11) is 0. The summed E-state index contributed by atoms with van der Waals surface area (Å²) in [6, 6.07) is 13.4. The fourth-order valence-electron chi connectivity index (χ4n) is 3.39. The molecular formula is C23H31Cl2Hf-5. The second kappa shape index (κ2) is 17.0. The van der Waals surface area contributed by atoms with E-state index in [2.05, 4.69) is 43.3 Å². The minimum Gasteiger partial charge on any atom is -1.00 e. The van der Waals surface area contributed by atoms with E-state index in [1.54, 1.807) is 22.3 Å². The molecule has 0 aromatic heterocycles. The first-order valence-electron chi connectivity index (χ1n) is 9.22. The summed E-state index contributed by atoms with van der Waals surface area (Å²) in [6.45, 7) is 5.58. The van der Waals surface area contributed by atoms with Crippen molar-refractivity contribution in [3.63, 3.8) is 0 Å². The molecule has 0 nitrogen and oxygen atoms in total. The summed E-state index contributed by atoms with van der Waals surface area (Å²) >= 11 is 0. The van der Waals surface area contributed by atoms with E-state index in [0.717, 1.165) is 6.42 Å². The Bertz CT molecular complexity index is 493. The van der Waals surface area contributed by atoms with Crippen molar-refractivity contribution >= 4 is 0 Å². The molecule has 3 heteroatoms. The number of allylic oxidation sites excluding steroid dienone is 2. The van der Waals surface area contributed by atoms with Crippen molar-refractivity contribution in [1.29, 1.82) is 0 Å². The van der Waals surface area contributed by atoms with Gasteiger partial charge in [0.2, 0.25) is 0 Å². The molecule has 0 aliphatic heterocycles. The van der Waals surface area contributed by atoms with Crippen molar-refractivity contribution in [2.75, 3.05) is 0 Å². The number of fused-ring (bicyclic) bond motifs is 2. The van der Waals surface area contributed by atoms with Gasteiger partial charge >= 0.3 is 0 Å². The van der Waals surface area contributed by atoms with E-state index in [9.17, 15) is 0 Å². The van der Waals surface area contributed by atoms with Crippen LogP contribution in [0, 0.1) is 6.92 Å². The Labute approximate surface area is 192 Å². The fraction of sp³-hybridized carbons (Fsp3) is 0.435. The van der Waals surface area contributed by atoms with Crippen LogP contribution in [0.2, 0.25) is 0 Å². The van der Waals surface area contributed by atoms with Crippen LogP contribution < -0.4 is 24.8 Å². The van der Waals surface area contributed by atoms with E-state index < -0.39 is 0 Å². The van der Waals surface area contributed by atoms with Crippen LogP contribution in [0.15, 0.2) is 48.6 Å². The van der Waals surface area contributed by atoms with Gasteiger partial charge in [-0.25, -0.2) is 12.1 Å². The Morgan fingerprint density at radius 1 is 0.846 bits per heavy atom. The summed E-state index contributed by atoms with van der Waals surface area (Å²) in [5, 5.41) is 0. The van der Waals surface area contributed by atoms with Gasteiger partial charge in [0.1, 0.15) is 0 Å². The molecule has 0 spiro atoms. The van der Waals surface area contributed by atoms with Crippen LogP contribution in [-0.4, -0.2) is 0 Å². The number of hydrogen-bond donors (Lipinski definition) is 0. The Balaban J connectivity index is 0. The van der Waals surface area contributed by atoms with E-state index in [4.69, 9.17) is 0 Å². The smallest absolute Gasteiger partial charge is 0 e. The van der Waals surface area contributed by atoms with E-state index in [1.807, 2.05) is 19.1 Å². The zero-order chi connectivity index (χ0) is 16.3. The maximum Gasteiger partial charge on any atom is 0 e. The molecule has 146 valence electrons. The minimum absolute atomic E-state index is 0. The third-order valence-electron chi connectivity index (χ3n) is 4.70. The van der Waals surface area contributed by atoms with Crippen LogP contribution in [-0.2, 0) is 51.5 Å². The molecule has 0 atom stereocenters. The first kappa shape index (κ1) is 28.1. The number of hydrogen-bond acceptors (Lipinski definition) is 0. The number of rotatable bonds is 1. The Morgan fingerprint density at radius 2 is 1.27 bits per heavy atom. The Hall–Kier alpha value is -0.110. The quantitative estimate of drug-likeness (QED) is 0.271. The summed E-state index contributed by atoms with van der Waals surface area (Å²) in [4.78, 5) is 0. The number of aryl methyl sites for hydroxylation is 4. The summed E-state index contributed by atoms with van der Waals surface area (Å²) in [5.41, 5.74) is 6.39. The third-order valence-corrected chi connectivity index (χ3v) is 4.70. The molecule has 0 N–H and O–H groups in total.